The van der Waals surface area contributed by atoms with Gasteiger partial charge in [0.1, 0.15) is 18.3 Å². The van der Waals surface area contributed by atoms with Crippen LogP contribution in [-0.2, 0) is 26.2 Å². The Balaban J connectivity index is 2.09. The molecule has 3 rings (SSSR count). The summed E-state index contributed by atoms with van der Waals surface area (Å²) in [7, 11) is -2.69. The van der Waals surface area contributed by atoms with Crippen LogP contribution in [0.1, 0.15) is 39.7 Å². The molecule has 8 nitrogen and oxygen atoms in total. The van der Waals surface area contributed by atoms with Crippen molar-refractivity contribution < 1.29 is 22.7 Å². The Labute approximate surface area is 252 Å². The molecule has 1 atom stereocenters. The van der Waals surface area contributed by atoms with E-state index in [1.165, 1.54) is 35.2 Å². The lowest BCUT2D eigenvalue weighted by atomic mass is 10.1. The van der Waals surface area contributed by atoms with Crippen LogP contribution in [0.5, 0.6) is 5.75 Å². The van der Waals surface area contributed by atoms with Crippen LogP contribution in [0.4, 0.5) is 5.69 Å². The normalized spacial score (nSPS) is 12.4. The predicted molar refractivity (Wildman–Crippen MR) is 163 cm³/mol. The number of carbonyl (C=O) groups is 2. The van der Waals surface area contributed by atoms with E-state index in [4.69, 9.17) is 27.9 Å². The van der Waals surface area contributed by atoms with Crippen LogP contribution in [0.15, 0.2) is 77.7 Å². The molecular formula is C30H35Cl2N3O5S. The second-order valence-corrected chi connectivity index (χ2v) is 13.2. The van der Waals surface area contributed by atoms with E-state index >= 15 is 0 Å². The van der Waals surface area contributed by atoms with Crippen LogP contribution >= 0.6 is 23.2 Å². The van der Waals surface area contributed by atoms with Gasteiger partial charge >= 0.3 is 0 Å². The molecule has 0 spiro atoms. The van der Waals surface area contributed by atoms with Crippen LogP contribution in [0, 0.1) is 0 Å². The molecule has 0 aliphatic carbocycles. The van der Waals surface area contributed by atoms with E-state index in [1.54, 1.807) is 56.5 Å². The minimum absolute atomic E-state index is 0.0157. The van der Waals surface area contributed by atoms with E-state index in [9.17, 15) is 18.0 Å². The van der Waals surface area contributed by atoms with E-state index in [0.717, 1.165) is 9.87 Å². The van der Waals surface area contributed by atoms with E-state index in [2.05, 4.69) is 5.32 Å². The lowest BCUT2D eigenvalue weighted by molar-refractivity contribution is -0.141. The third-order valence-electron chi connectivity index (χ3n) is 6.18. The highest BCUT2D eigenvalue weighted by Crippen LogP contribution is 2.33. The quantitative estimate of drug-likeness (QED) is 0.287. The number of hydrogen-bond donors (Lipinski definition) is 1. The number of methoxy groups -OCH3 is 1. The van der Waals surface area contributed by atoms with Gasteiger partial charge in [0.2, 0.25) is 11.8 Å². The van der Waals surface area contributed by atoms with Crippen LogP contribution in [0.25, 0.3) is 0 Å². The summed E-state index contributed by atoms with van der Waals surface area (Å²) < 4.78 is 34.0. The number of nitrogens with zero attached hydrogens (tertiary/aromatic N) is 2. The Morgan fingerprint density at radius 1 is 0.976 bits per heavy atom. The predicted octanol–water partition coefficient (Wildman–Crippen LogP) is 5.92. The fourth-order valence-electron chi connectivity index (χ4n) is 4.22. The van der Waals surface area contributed by atoms with E-state index in [1.807, 2.05) is 20.8 Å². The third kappa shape index (κ3) is 8.38. The number of anilines is 1. The number of hydrogen-bond acceptors (Lipinski definition) is 5. The number of carbonyl (C=O) groups excluding carboxylic acids is 2. The highest BCUT2D eigenvalue weighted by molar-refractivity contribution is 7.92. The summed E-state index contributed by atoms with van der Waals surface area (Å²) in [5.74, 6) is -0.284. The summed E-state index contributed by atoms with van der Waals surface area (Å²) in [4.78, 5) is 28.9. The maximum absolute atomic E-state index is 14.1. The lowest BCUT2D eigenvalue weighted by Gasteiger charge is -2.35. The van der Waals surface area contributed by atoms with Gasteiger partial charge in [-0.25, -0.2) is 8.42 Å². The zero-order valence-corrected chi connectivity index (χ0v) is 26.1. The average molecular weight is 621 g/mol. The maximum atomic E-state index is 14.1. The number of amides is 2. The van der Waals surface area contributed by atoms with Crippen molar-refractivity contribution in [2.24, 2.45) is 0 Å². The van der Waals surface area contributed by atoms with Crippen LogP contribution in [-0.4, -0.2) is 50.4 Å². The second-order valence-electron chi connectivity index (χ2n) is 10.5. The highest BCUT2D eigenvalue weighted by atomic mass is 35.5. The molecule has 3 aromatic carbocycles. The zero-order chi connectivity index (χ0) is 30.4. The third-order valence-corrected chi connectivity index (χ3v) is 8.50. The summed E-state index contributed by atoms with van der Waals surface area (Å²) in [6.07, 6.45) is 0.303. The molecule has 0 saturated carbocycles. The molecule has 0 bridgehead atoms. The molecule has 0 radical (unpaired) electrons. The van der Waals surface area contributed by atoms with Gasteiger partial charge in [-0.05, 0) is 75.2 Å². The Morgan fingerprint density at radius 2 is 1.61 bits per heavy atom. The molecule has 0 fully saturated rings. The molecule has 0 aliphatic heterocycles. The molecule has 2 amide bonds. The molecule has 11 heteroatoms. The molecule has 0 aromatic heterocycles. The highest BCUT2D eigenvalue weighted by Gasteiger charge is 2.35. The SMILES string of the molecule is CCC(C(=O)NC(C)(C)C)N(Cc1ccc(OC)cc1)C(=O)CN(c1ccc(Cl)cc1Cl)S(=O)(=O)c1ccccc1. The average Bonchev–Trinajstić information content (AvgIpc) is 2.91. The van der Waals surface area contributed by atoms with Gasteiger partial charge in [-0.2, -0.15) is 0 Å². The summed E-state index contributed by atoms with van der Waals surface area (Å²) in [5.41, 5.74) is 0.284. The van der Waals surface area contributed by atoms with Gasteiger partial charge in [0.15, 0.2) is 0 Å². The summed E-state index contributed by atoms with van der Waals surface area (Å²) in [6.45, 7) is 6.81. The molecule has 220 valence electrons. The lowest BCUT2D eigenvalue weighted by Crippen LogP contribution is -2.55. The van der Waals surface area contributed by atoms with Gasteiger partial charge in [-0.15, -0.1) is 0 Å². The largest absolute Gasteiger partial charge is 0.497 e. The van der Waals surface area contributed by atoms with Crippen molar-refractivity contribution >= 4 is 50.7 Å². The van der Waals surface area contributed by atoms with Crippen molar-refractivity contribution in [3.63, 3.8) is 0 Å². The molecule has 1 N–H and O–H groups in total. The summed E-state index contributed by atoms with van der Waals surface area (Å²) in [6, 6.07) is 18.4. The smallest absolute Gasteiger partial charge is 0.264 e. The van der Waals surface area contributed by atoms with Crippen LogP contribution in [0.2, 0.25) is 10.0 Å². The van der Waals surface area contributed by atoms with Crippen LogP contribution in [0.3, 0.4) is 0 Å². The molecule has 0 saturated heterocycles. The van der Waals surface area contributed by atoms with Gasteiger partial charge < -0.3 is 15.0 Å². The number of sulfonamides is 1. The van der Waals surface area contributed by atoms with Gasteiger partial charge in [0, 0.05) is 17.1 Å². The Hall–Kier alpha value is -3.27. The number of rotatable bonds is 11. The Bertz CT molecular complexity index is 1460. The molecular weight excluding hydrogens is 585 g/mol. The number of nitrogens with one attached hydrogen (secondary N) is 1. The number of ether oxygens (including phenoxy) is 1. The van der Waals surface area contributed by atoms with Crippen molar-refractivity contribution in [1.82, 2.24) is 10.2 Å². The number of halogens is 2. The monoisotopic (exact) mass is 619 g/mol. The Kier molecular flexibility index (Phi) is 10.7. The van der Waals surface area contributed by atoms with Crippen LogP contribution < -0.4 is 14.4 Å². The second kappa shape index (κ2) is 13.6. The molecule has 0 heterocycles. The molecule has 0 aliphatic rings. The summed E-state index contributed by atoms with van der Waals surface area (Å²) >= 11 is 12.5. The molecule has 1 unspecified atom stereocenters. The van der Waals surface area contributed by atoms with Crippen molar-refractivity contribution in [2.45, 2.75) is 57.1 Å². The topological polar surface area (TPSA) is 96.0 Å². The molecule has 3 aromatic rings. The van der Waals surface area contributed by atoms with Gasteiger partial charge in [0.25, 0.3) is 10.0 Å². The van der Waals surface area contributed by atoms with Crippen molar-refractivity contribution in [3.8, 4) is 5.75 Å². The Morgan fingerprint density at radius 3 is 2.15 bits per heavy atom. The van der Waals surface area contributed by atoms with E-state index in [0.29, 0.717) is 17.2 Å². The zero-order valence-electron chi connectivity index (χ0n) is 23.7. The fourth-order valence-corrected chi connectivity index (χ4v) is 6.23. The van der Waals surface area contributed by atoms with Gasteiger partial charge in [-0.1, -0.05) is 60.5 Å². The minimum atomic E-state index is -4.24. The standard InChI is InChI=1S/C30H35Cl2N3O5S/c1-6-26(29(37)33-30(2,3)4)34(19-21-12-15-23(40-5)16-13-21)28(36)20-35(27-17-14-22(31)18-25(27)32)41(38,39)24-10-8-7-9-11-24/h7-18,26H,6,19-20H2,1-5H3,(H,33,37). The first-order chi connectivity index (χ1) is 19.3. The summed E-state index contributed by atoms with van der Waals surface area (Å²) in [5, 5.41) is 3.32. The molecule has 41 heavy (non-hydrogen) atoms. The minimum Gasteiger partial charge on any atom is -0.497 e. The van der Waals surface area contributed by atoms with E-state index in [-0.39, 0.29) is 28.1 Å². The first-order valence-electron chi connectivity index (χ1n) is 13.0. The van der Waals surface area contributed by atoms with E-state index < -0.39 is 34.1 Å². The first kappa shape index (κ1) is 32.2. The number of benzene rings is 3. The van der Waals surface area contributed by atoms with Crippen molar-refractivity contribution in [1.29, 1.82) is 0 Å². The van der Waals surface area contributed by atoms with Gasteiger partial charge in [0.05, 0.1) is 22.7 Å². The maximum Gasteiger partial charge on any atom is 0.264 e. The first-order valence-corrected chi connectivity index (χ1v) is 15.2. The van der Waals surface area contributed by atoms with Gasteiger partial charge in [-0.3, -0.25) is 13.9 Å². The van der Waals surface area contributed by atoms with Crippen molar-refractivity contribution in [3.05, 3.63) is 88.4 Å². The fraction of sp³-hybridized carbons (Fsp3) is 0.333. The van der Waals surface area contributed by atoms with Crippen molar-refractivity contribution in [2.75, 3.05) is 18.0 Å².